The third-order valence-corrected chi connectivity index (χ3v) is 2.72. The first-order valence-electron chi connectivity index (χ1n) is 4.55. The molecule has 1 aromatic carbocycles. The summed E-state index contributed by atoms with van der Waals surface area (Å²) in [6.45, 7) is 1.79. The molecule has 5 nitrogen and oxygen atoms in total. The third kappa shape index (κ3) is 2.17. The van der Waals surface area contributed by atoms with Crippen LogP contribution in [-0.4, -0.2) is 20.6 Å². The van der Waals surface area contributed by atoms with Crippen molar-refractivity contribution < 1.29 is 9.90 Å². The van der Waals surface area contributed by atoms with Gasteiger partial charge in [-0.25, -0.2) is 0 Å². The monoisotopic (exact) mass is 235 g/mol. The van der Waals surface area contributed by atoms with E-state index in [2.05, 4.69) is 14.9 Å². The van der Waals surface area contributed by atoms with Crippen molar-refractivity contribution in [2.45, 2.75) is 6.92 Å². The summed E-state index contributed by atoms with van der Waals surface area (Å²) >= 11 is 1.02. The molecule has 16 heavy (non-hydrogen) atoms. The quantitative estimate of drug-likeness (QED) is 0.832. The predicted octanol–water partition coefficient (Wildman–Crippen LogP) is 1.80. The van der Waals surface area contributed by atoms with Crippen LogP contribution >= 0.6 is 11.5 Å². The lowest BCUT2D eigenvalue weighted by atomic mass is 10.2. The molecule has 1 heterocycles. The fourth-order valence-corrected chi connectivity index (χ4v) is 1.56. The maximum atomic E-state index is 11.6. The number of aromatic hydroxyl groups is 1. The van der Waals surface area contributed by atoms with E-state index in [9.17, 15) is 9.90 Å². The number of hydrogen-bond acceptors (Lipinski definition) is 5. The minimum absolute atomic E-state index is 0.153. The number of nitrogens with one attached hydrogen (secondary N) is 1. The van der Waals surface area contributed by atoms with Crippen molar-refractivity contribution in [2.24, 2.45) is 0 Å². The highest BCUT2D eigenvalue weighted by Gasteiger charge is 2.09. The van der Waals surface area contributed by atoms with Crippen LogP contribution in [0.4, 0.5) is 5.69 Å². The molecule has 82 valence electrons. The van der Waals surface area contributed by atoms with E-state index >= 15 is 0 Å². The number of phenols is 1. The lowest BCUT2D eigenvalue weighted by molar-refractivity contribution is 0.103. The first-order valence-corrected chi connectivity index (χ1v) is 5.32. The zero-order valence-corrected chi connectivity index (χ0v) is 9.28. The number of benzene rings is 1. The van der Waals surface area contributed by atoms with Gasteiger partial charge in [0.05, 0.1) is 6.20 Å². The maximum absolute atomic E-state index is 11.6. The molecule has 1 amide bonds. The molecule has 0 saturated heterocycles. The van der Waals surface area contributed by atoms with Crippen LogP contribution in [0.1, 0.15) is 15.2 Å². The lowest BCUT2D eigenvalue weighted by Gasteiger charge is -2.04. The highest BCUT2D eigenvalue weighted by atomic mass is 32.1. The molecule has 6 heteroatoms. The van der Waals surface area contributed by atoms with E-state index in [1.807, 2.05) is 0 Å². The number of anilines is 1. The summed E-state index contributed by atoms with van der Waals surface area (Å²) < 4.78 is 3.60. The number of nitrogens with zero attached hydrogens (tertiary/aromatic N) is 2. The first kappa shape index (κ1) is 10.6. The minimum atomic E-state index is -0.279. The van der Waals surface area contributed by atoms with Gasteiger partial charge in [0.15, 0.2) is 0 Å². The normalized spacial score (nSPS) is 10.1. The standard InChI is InChI=1S/C10H9N3O2S/c1-6-2-3-7(4-8(6)14)12-10(15)9-5-11-13-16-9/h2-5,14H,1H3,(H,12,15). The van der Waals surface area contributed by atoms with Crippen LogP contribution in [0.15, 0.2) is 24.4 Å². The van der Waals surface area contributed by atoms with Crippen LogP contribution in [0.25, 0.3) is 0 Å². The van der Waals surface area contributed by atoms with Gasteiger partial charge in [-0.3, -0.25) is 4.79 Å². The Morgan fingerprint density at radius 1 is 1.50 bits per heavy atom. The van der Waals surface area contributed by atoms with Gasteiger partial charge in [-0.2, -0.15) is 0 Å². The molecule has 0 aliphatic carbocycles. The molecule has 0 bridgehead atoms. The highest BCUT2D eigenvalue weighted by molar-refractivity contribution is 7.07. The van der Waals surface area contributed by atoms with Crippen LogP contribution in [-0.2, 0) is 0 Å². The van der Waals surface area contributed by atoms with Gasteiger partial charge in [-0.15, -0.1) is 5.10 Å². The van der Waals surface area contributed by atoms with Crippen molar-refractivity contribution in [1.29, 1.82) is 0 Å². The highest BCUT2D eigenvalue weighted by Crippen LogP contribution is 2.21. The number of aryl methyl sites for hydroxylation is 1. The minimum Gasteiger partial charge on any atom is -0.508 e. The summed E-state index contributed by atoms with van der Waals surface area (Å²) in [7, 11) is 0. The van der Waals surface area contributed by atoms with Gasteiger partial charge >= 0.3 is 0 Å². The number of phenolic OH excluding ortho intramolecular Hbond substituents is 1. The molecule has 0 spiro atoms. The third-order valence-electron chi connectivity index (χ3n) is 2.05. The lowest BCUT2D eigenvalue weighted by Crippen LogP contribution is -2.09. The Hall–Kier alpha value is -1.95. The molecule has 0 aliphatic rings. The average molecular weight is 235 g/mol. The van der Waals surface area contributed by atoms with E-state index in [0.717, 1.165) is 17.1 Å². The number of hydrogen-bond donors (Lipinski definition) is 2. The van der Waals surface area contributed by atoms with Gasteiger partial charge in [-0.1, -0.05) is 10.6 Å². The predicted molar refractivity (Wildman–Crippen MR) is 60.7 cm³/mol. The number of rotatable bonds is 2. The first-order chi connectivity index (χ1) is 7.66. The van der Waals surface area contributed by atoms with Gasteiger partial charge in [0.25, 0.3) is 5.91 Å². The zero-order chi connectivity index (χ0) is 11.5. The van der Waals surface area contributed by atoms with E-state index in [4.69, 9.17) is 0 Å². The van der Waals surface area contributed by atoms with Crippen molar-refractivity contribution in [3.05, 3.63) is 34.8 Å². The molecular weight excluding hydrogens is 226 g/mol. The van der Waals surface area contributed by atoms with Crippen LogP contribution in [0.2, 0.25) is 0 Å². The Kier molecular flexibility index (Phi) is 2.82. The van der Waals surface area contributed by atoms with Crippen molar-refractivity contribution in [3.8, 4) is 5.75 Å². The van der Waals surface area contributed by atoms with Crippen molar-refractivity contribution >= 4 is 23.1 Å². The second-order valence-corrected chi connectivity index (χ2v) is 4.02. The Morgan fingerprint density at radius 3 is 2.94 bits per heavy atom. The summed E-state index contributed by atoms with van der Waals surface area (Å²) in [6, 6.07) is 4.96. The van der Waals surface area contributed by atoms with Gasteiger partial charge in [0.2, 0.25) is 0 Å². The van der Waals surface area contributed by atoms with Crippen LogP contribution in [0.5, 0.6) is 5.75 Å². The molecule has 0 atom stereocenters. The fraction of sp³-hybridized carbons (Fsp3) is 0.100. The fourth-order valence-electron chi connectivity index (χ4n) is 1.15. The molecule has 2 aromatic rings. The number of carbonyl (C=O) groups excluding carboxylic acids is 1. The second-order valence-electron chi connectivity index (χ2n) is 3.24. The van der Waals surface area contributed by atoms with Crippen molar-refractivity contribution in [2.75, 3.05) is 5.32 Å². The summed E-state index contributed by atoms with van der Waals surface area (Å²) in [6.07, 6.45) is 1.40. The van der Waals surface area contributed by atoms with Crippen molar-refractivity contribution in [1.82, 2.24) is 9.59 Å². The maximum Gasteiger partial charge on any atom is 0.269 e. The molecule has 1 aromatic heterocycles. The van der Waals surface area contributed by atoms with Gasteiger partial charge < -0.3 is 10.4 Å². The summed E-state index contributed by atoms with van der Waals surface area (Å²) in [5.41, 5.74) is 1.30. The zero-order valence-electron chi connectivity index (χ0n) is 8.47. The van der Waals surface area contributed by atoms with E-state index in [0.29, 0.717) is 10.6 Å². The van der Waals surface area contributed by atoms with Gasteiger partial charge in [0, 0.05) is 11.8 Å². The molecule has 2 rings (SSSR count). The van der Waals surface area contributed by atoms with Crippen LogP contribution in [0, 0.1) is 6.92 Å². The number of amides is 1. The Bertz CT molecular complexity index is 511. The largest absolute Gasteiger partial charge is 0.508 e. The van der Waals surface area contributed by atoms with Gasteiger partial charge in [0.1, 0.15) is 10.6 Å². The van der Waals surface area contributed by atoms with E-state index < -0.39 is 0 Å². The van der Waals surface area contributed by atoms with Crippen LogP contribution in [0.3, 0.4) is 0 Å². The number of carbonyl (C=O) groups is 1. The number of aromatic nitrogens is 2. The molecule has 0 radical (unpaired) electrons. The van der Waals surface area contributed by atoms with Crippen LogP contribution < -0.4 is 5.32 Å². The van der Waals surface area contributed by atoms with E-state index in [1.165, 1.54) is 12.3 Å². The Morgan fingerprint density at radius 2 is 2.31 bits per heavy atom. The van der Waals surface area contributed by atoms with Crippen molar-refractivity contribution in [3.63, 3.8) is 0 Å². The summed E-state index contributed by atoms with van der Waals surface area (Å²) in [5, 5.41) is 15.7. The molecule has 0 aliphatic heterocycles. The second kappa shape index (κ2) is 4.28. The summed E-state index contributed by atoms with van der Waals surface area (Å²) in [5.74, 6) is -0.126. The van der Waals surface area contributed by atoms with Gasteiger partial charge in [-0.05, 0) is 30.1 Å². The summed E-state index contributed by atoms with van der Waals surface area (Å²) in [4.78, 5) is 12.0. The molecule has 0 unspecified atom stereocenters. The van der Waals surface area contributed by atoms with E-state index in [1.54, 1.807) is 19.1 Å². The topological polar surface area (TPSA) is 75.1 Å². The van der Waals surface area contributed by atoms with E-state index in [-0.39, 0.29) is 11.7 Å². The average Bonchev–Trinajstić information content (AvgIpc) is 2.77. The SMILES string of the molecule is Cc1ccc(NC(=O)c2cnns2)cc1O. The molecule has 0 saturated carbocycles. The Labute approximate surface area is 95.9 Å². The smallest absolute Gasteiger partial charge is 0.269 e. The molecule has 0 fully saturated rings. The Balaban J connectivity index is 2.15. The molecule has 2 N–H and O–H groups in total. The molecular formula is C10H9N3O2S.